The van der Waals surface area contributed by atoms with E-state index in [0.29, 0.717) is 5.02 Å². The number of carbonyl (C=O) groups is 2. The van der Waals surface area contributed by atoms with Crippen LogP contribution >= 0.6 is 23.2 Å². The molecule has 0 aromatic heterocycles. The fourth-order valence-electron chi connectivity index (χ4n) is 1.29. The summed E-state index contributed by atoms with van der Waals surface area (Å²) in [7, 11) is 0. The highest BCUT2D eigenvalue weighted by Gasteiger charge is 2.23. The molecule has 0 radical (unpaired) electrons. The van der Waals surface area contributed by atoms with Crippen LogP contribution in [0.5, 0.6) is 5.75 Å². The van der Waals surface area contributed by atoms with E-state index in [4.69, 9.17) is 38.2 Å². The van der Waals surface area contributed by atoms with Crippen LogP contribution in [0.15, 0.2) is 18.2 Å². The van der Waals surface area contributed by atoms with Gasteiger partial charge in [0.25, 0.3) is 5.91 Å². The van der Waals surface area contributed by atoms with Crippen molar-refractivity contribution >= 4 is 35.1 Å². The van der Waals surface area contributed by atoms with Gasteiger partial charge in [-0.05, 0) is 25.1 Å². The third kappa shape index (κ3) is 4.56. The van der Waals surface area contributed by atoms with Crippen LogP contribution in [0.2, 0.25) is 10.0 Å². The first-order valence-electron chi connectivity index (χ1n) is 5.61. The molecule has 1 aromatic carbocycles. The number of nitrogens with one attached hydrogen (secondary N) is 1. The van der Waals surface area contributed by atoms with Gasteiger partial charge in [-0.3, -0.25) is 4.79 Å². The highest BCUT2D eigenvalue weighted by molar-refractivity contribution is 6.35. The second-order valence-corrected chi connectivity index (χ2v) is 4.76. The lowest BCUT2D eigenvalue weighted by Gasteiger charge is -2.18. The fourth-order valence-corrected chi connectivity index (χ4v) is 1.74. The van der Waals surface area contributed by atoms with E-state index >= 15 is 0 Å². The quantitative estimate of drug-likeness (QED) is 0.734. The molecule has 1 amide bonds. The van der Waals surface area contributed by atoms with Crippen molar-refractivity contribution in [1.82, 2.24) is 5.32 Å². The average molecular weight is 322 g/mol. The highest BCUT2D eigenvalue weighted by atomic mass is 35.5. The Labute approximate surface area is 125 Å². The van der Waals surface area contributed by atoms with Gasteiger partial charge in [0.2, 0.25) is 0 Å². The number of benzene rings is 1. The summed E-state index contributed by atoms with van der Waals surface area (Å²) in [6.45, 7) is 0.714. The maximum absolute atomic E-state index is 11.7. The second-order valence-electron chi connectivity index (χ2n) is 3.92. The van der Waals surface area contributed by atoms with Crippen molar-refractivity contribution in [1.29, 1.82) is 0 Å². The minimum Gasteiger partial charge on any atom is -0.480 e. The topological polar surface area (TPSA) is 95.9 Å². The van der Waals surface area contributed by atoms with E-state index in [9.17, 15) is 9.59 Å². The summed E-state index contributed by atoms with van der Waals surface area (Å²) in [5.41, 5.74) is 0. The van der Waals surface area contributed by atoms with E-state index in [0.717, 1.165) is 0 Å². The summed E-state index contributed by atoms with van der Waals surface area (Å²) >= 11 is 11.6. The number of ether oxygens (including phenoxy) is 1. The normalized spacial score (nSPS) is 13.4. The van der Waals surface area contributed by atoms with Crippen molar-refractivity contribution < 1.29 is 24.5 Å². The fraction of sp³-hybridized carbons (Fsp3) is 0.333. The number of aliphatic hydroxyl groups excluding tert-OH is 1. The lowest BCUT2D eigenvalue weighted by molar-refractivity contribution is -0.144. The SMILES string of the molecule is CC(Oc1ccc(Cl)cc1Cl)C(=O)N[C@@H](CO)C(=O)O. The maximum Gasteiger partial charge on any atom is 0.328 e. The van der Waals surface area contributed by atoms with Gasteiger partial charge in [0, 0.05) is 5.02 Å². The van der Waals surface area contributed by atoms with Crippen LogP contribution in [0, 0.1) is 0 Å². The summed E-state index contributed by atoms with van der Waals surface area (Å²) in [4.78, 5) is 22.4. The van der Waals surface area contributed by atoms with E-state index in [-0.39, 0.29) is 10.8 Å². The Bertz CT molecular complexity index is 509. The number of hydrogen-bond acceptors (Lipinski definition) is 4. The Morgan fingerprint density at radius 3 is 2.55 bits per heavy atom. The first-order chi connectivity index (χ1) is 9.35. The average Bonchev–Trinajstić information content (AvgIpc) is 2.38. The molecule has 2 atom stereocenters. The minimum atomic E-state index is -1.38. The molecule has 1 rings (SSSR count). The molecule has 0 spiro atoms. The number of carboxylic acids is 1. The van der Waals surface area contributed by atoms with Gasteiger partial charge in [0.05, 0.1) is 11.6 Å². The van der Waals surface area contributed by atoms with E-state index in [2.05, 4.69) is 5.32 Å². The molecule has 1 unspecified atom stereocenters. The van der Waals surface area contributed by atoms with Gasteiger partial charge in [-0.15, -0.1) is 0 Å². The molecule has 6 nitrogen and oxygen atoms in total. The largest absolute Gasteiger partial charge is 0.480 e. The Morgan fingerprint density at radius 1 is 1.40 bits per heavy atom. The van der Waals surface area contributed by atoms with Crippen molar-refractivity contribution in [3.05, 3.63) is 28.2 Å². The van der Waals surface area contributed by atoms with E-state index in [1.807, 2.05) is 0 Å². The van der Waals surface area contributed by atoms with Crippen LogP contribution in [0.25, 0.3) is 0 Å². The monoisotopic (exact) mass is 321 g/mol. The first kappa shape index (κ1) is 16.6. The van der Waals surface area contributed by atoms with Crippen molar-refractivity contribution in [2.75, 3.05) is 6.61 Å². The van der Waals surface area contributed by atoms with Gasteiger partial charge in [-0.2, -0.15) is 0 Å². The van der Waals surface area contributed by atoms with Crippen molar-refractivity contribution in [3.8, 4) is 5.75 Å². The summed E-state index contributed by atoms with van der Waals surface area (Å²) in [6, 6.07) is 3.11. The minimum absolute atomic E-state index is 0.231. The Hall–Kier alpha value is -1.50. The summed E-state index contributed by atoms with van der Waals surface area (Å²) in [6.07, 6.45) is -0.984. The van der Waals surface area contributed by atoms with Crippen molar-refractivity contribution in [3.63, 3.8) is 0 Å². The number of carboxylic acid groups (broad SMARTS) is 1. The summed E-state index contributed by atoms with van der Waals surface area (Å²) in [5.74, 6) is -1.77. The molecule has 0 heterocycles. The molecule has 0 aliphatic carbocycles. The molecule has 3 N–H and O–H groups in total. The van der Waals surface area contributed by atoms with Crippen LogP contribution < -0.4 is 10.1 Å². The van der Waals surface area contributed by atoms with Gasteiger partial charge in [0.1, 0.15) is 11.8 Å². The zero-order valence-electron chi connectivity index (χ0n) is 10.5. The Balaban J connectivity index is 2.68. The number of aliphatic hydroxyl groups is 1. The third-order valence-electron chi connectivity index (χ3n) is 2.36. The van der Waals surface area contributed by atoms with E-state index in [1.165, 1.54) is 19.1 Å². The van der Waals surface area contributed by atoms with Crippen molar-refractivity contribution in [2.45, 2.75) is 19.1 Å². The van der Waals surface area contributed by atoms with Crippen LogP contribution in [0.1, 0.15) is 6.92 Å². The molecule has 0 fully saturated rings. The number of carbonyl (C=O) groups excluding carboxylic acids is 1. The van der Waals surface area contributed by atoms with Crippen LogP contribution in [0.4, 0.5) is 0 Å². The zero-order chi connectivity index (χ0) is 15.3. The van der Waals surface area contributed by atoms with E-state index in [1.54, 1.807) is 6.07 Å². The van der Waals surface area contributed by atoms with Crippen LogP contribution in [0.3, 0.4) is 0 Å². The molecule has 0 aliphatic heterocycles. The number of halogens is 2. The lowest BCUT2D eigenvalue weighted by Crippen LogP contribution is -2.48. The van der Waals surface area contributed by atoms with Gasteiger partial charge in [0.15, 0.2) is 6.10 Å². The van der Waals surface area contributed by atoms with Crippen LogP contribution in [-0.2, 0) is 9.59 Å². The number of rotatable bonds is 6. The van der Waals surface area contributed by atoms with Crippen LogP contribution in [-0.4, -0.2) is 40.8 Å². The molecular weight excluding hydrogens is 309 g/mol. The third-order valence-corrected chi connectivity index (χ3v) is 2.89. The molecule has 0 aliphatic rings. The molecule has 0 bridgehead atoms. The molecular formula is C12H13Cl2NO5. The Morgan fingerprint density at radius 2 is 2.05 bits per heavy atom. The maximum atomic E-state index is 11.7. The van der Waals surface area contributed by atoms with Gasteiger partial charge in [-0.25, -0.2) is 4.79 Å². The standard InChI is InChI=1S/C12H13Cl2NO5/c1-6(11(17)15-9(5-16)12(18)19)20-10-3-2-7(13)4-8(10)14/h2-4,6,9,16H,5H2,1H3,(H,15,17)(H,18,19)/t6?,9-/m0/s1. The molecule has 8 heteroatoms. The van der Waals surface area contributed by atoms with Gasteiger partial charge < -0.3 is 20.3 Å². The molecule has 1 aromatic rings. The predicted octanol–water partition coefficient (Wildman–Crippen LogP) is 1.32. The number of hydrogen-bond donors (Lipinski definition) is 3. The predicted molar refractivity (Wildman–Crippen MR) is 73.2 cm³/mol. The molecule has 0 saturated heterocycles. The first-order valence-corrected chi connectivity index (χ1v) is 6.36. The smallest absolute Gasteiger partial charge is 0.328 e. The van der Waals surface area contributed by atoms with Crippen molar-refractivity contribution in [2.24, 2.45) is 0 Å². The number of aliphatic carboxylic acids is 1. The molecule has 0 saturated carbocycles. The van der Waals surface area contributed by atoms with Gasteiger partial charge >= 0.3 is 5.97 Å². The molecule has 20 heavy (non-hydrogen) atoms. The summed E-state index contributed by atoms with van der Waals surface area (Å²) < 4.78 is 5.31. The second kappa shape index (κ2) is 7.33. The highest BCUT2D eigenvalue weighted by Crippen LogP contribution is 2.28. The lowest BCUT2D eigenvalue weighted by atomic mass is 10.2. The van der Waals surface area contributed by atoms with E-state index < -0.39 is 30.6 Å². The Kier molecular flexibility index (Phi) is 6.06. The van der Waals surface area contributed by atoms with Gasteiger partial charge in [-0.1, -0.05) is 23.2 Å². The zero-order valence-corrected chi connectivity index (χ0v) is 12.0. The number of amides is 1. The summed E-state index contributed by atoms with van der Waals surface area (Å²) in [5, 5.41) is 20.3. The molecule has 110 valence electrons.